The van der Waals surface area contributed by atoms with Crippen molar-refractivity contribution in [2.75, 3.05) is 26.9 Å². The van der Waals surface area contributed by atoms with E-state index in [0.717, 1.165) is 0 Å². The molecule has 0 aliphatic heterocycles. The Labute approximate surface area is 136 Å². The fourth-order valence-electron chi connectivity index (χ4n) is 0.355. The summed E-state index contributed by atoms with van der Waals surface area (Å²) in [6, 6.07) is 0. The van der Waals surface area contributed by atoms with Gasteiger partial charge < -0.3 is 18.9 Å². The van der Waals surface area contributed by atoms with Gasteiger partial charge in [-0.1, -0.05) is 44.6 Å². The van der Waals surface area contributed by atoms with Crippen LogP contribution in [-0.2, 0) is 18.9 Å². The van der Waals surface area contributed by atoms with Crippen molar-refractivity contribution in [3.63, 3.8) is 0 Å². The van der Waals surface area contributed by atoms with Crippen LogP contribution >= 0.6 is 0 Å². The lowest BCUT2D eigenvalue weighted by Gasteiger charge is -1.98. The lowest BCUT2D eigenvalue weighted by Crippen LogP contribution is -2.16. The van der Waals surface area contributed by atoms with E-state index < -0.39 is 12.3 Å². The number of hydrogen-bond donors (Lipinski definition) is 4. The monoisotopic (exact) mass is 336 g/mol. The first-order valence-corrected chi connectivity index (χ1v) is 4.01. The summed E-state index contributed by atoms with van der Waals surface area (Å²) in [7, 11) is 0. The number of nitrogens with two attached hydrogens (primary N) is 4. The molecule has 0 atom stereocenters. The van der Waals surface area contributed by atoms with Gasteiger partial charge in [0.25, 0.3) is 0 Å². The average Bonchev–Trinajstić information content (AvgIpc) is 2.20. The number of rotatable bonds is 4. The maximum Gasteiger partial charge on any atom is 0.510 e. The molecule has 144 valence electrons. The Morgan fingerprint density at radius 1 is 0.500 bits per heavy atom. The third-order valence-electron chi connectivity index (χ3n) is 0.805. The summed E-state index contributed by atoms with van der Waals surface area (Å²) in [4.78, 5) is 20.1. The molecule has 0 unspecified atom stereocenters. The minimum atomic E-state index is -0.838. The molecule has 0 aliphatic rings. The van der Waals surface area contributed by atoms with Crippen LogP contribution in [0.15, 0.2) is 0 Å². The maximum absolute atomic E-state index is 10.0. The SMILES string of the molecule is C.C.C.C.C.C.NCOC(=O)OCN.NCOC(=O)OCN. The van der Waals surface area contributed by atoms with E-state index in [1.807, 2.05) is 0 Å². The lowest BCUT2D eigenvalue weighted by atomic mass is 11.2. The van der Waals surface area contributed by atoms with E-state index in [-0.39, 0.29) is 71.5 Å². The molecule has 0 aromatic carbocycles. The van der Waals surface area contributed by atoms with Crippen LogP contribution in [0.25, 0.3) is 0 Å². The van der Waals surface area contributed by atoms with E-state index in [1.54, 1.807) is 0 Å². The Bertz CT molecular complexity index is 160. The average molecular weight is 336 g/mol. The second kappa shape index (κ2) is 42.7. The highest BCUT2D eigenvalue weighted by Crippen LogP contribution is 1.77. The van der Waals surface area contributed by atoms with Crippen LogP contribution in [-0.4, -0.2) is 39.2 Å². The summed E-state index contributed by atoms with van der Waals surface area (Å²) in [6.07, 6.45) is -1.68. The van der Waals surface area contributed by atoms with E-state index in [4.69, 9.17) is 22.9 Å². The molecule has 0 saturated heterocycles. The molecule has 0 spiro atoms. The molecular formula is C12H40N4O6. The van der Waals surface area contributed by atoms with Crippen LogP contribution in [0.2, 0.25) is 0 Å². The largest absolute Gasteiger partial charge is 0.510 e. The molecule has 0 heterocycles. The fraction of sp³-hybridized carbons (Fsp3) is 0.833. The molecule has 0 saturated carbocycles. The van der Waals surface area contributed by atoms with Gasteiger partial charge in [-0.15, -0.1) is 0 Å². The van der Waals surface area contributed by atoms with Crippen molar-refractivity contribution in [3.8, 4) is 0 Å². The molecule has 0 fully saturated rings. The zero-order valence-electron chi connectivity index (χ0n) is 8.59. The smallest absolute Gasteiger partial charge is 0.419 e. The Balaban J connectivity index is -0.0000000233. The first-order chi connectivity index (χ1) is 7.62. The highest BCUT2D eigenvalue weighted by Gasteiger charge is 1.97. The lowest BCUT2D eigenvalue weighted by molar-refractivity contribution is 0.0580. The van der Waals surface area contributed by atoms with Crippen LogP contribution in [0.1, 0.15) is 44.6 Å². The molecule has 8 N–H and O–H groups in total. The molecule has 0 aromatic rings. The molecule has 0 rings (SSSR count). The number of ether oxygens (including phenoxy) is 4. The van der Waals surface area contributed by atoms with Gasteiger partial charge in [-0.3, -0.25) is 22.9 Å². The van der Waals surface area contributed by atoms with Crippen LogP contribution in [0.5, 0.6) is 0 Å². The minimum absolute atomic E-state index is 0. The van der Waals surface area contributed by atoms with Crippen molar-refractivity contribution in [3.05, 3.63) is 0 Å². The van der Waals surface area contributed by atoms with Gasteiger partial charge in [0.2, 0.25) is 0 Å². The van der Waals surface area contributed by atoms with E-state index in [9.17, 15) is 9.59 Å². The Hall–Kier alpha value is -1.62. The van der Waals surface area contributed by atoms with Gasteiger partial charge >= 0.3 is 12.3 Å². The minimum Gasteiger partial charge on any atom is -0.419 e. The van der Waals surface area contributed by atoms with Crippen molar-refractivity contribution in [1.29, 1.82) is 0 Å². The van der Waals surface area contributed by atoms with Gasteiger partial charge in [0.1, 0.15) is 26.9 Å². The third-order valence-corrected chi connectivity index (χ3v) is 0.805. The molecule has 0 amide bonds. The molecule has 0 bridgehead atoms. The molecule has 0 aliphatic carbocycles. The first kappa shape index (κ1) is 49.9. The third kappa shape index (κ3) is 51.5. The summed E-state index contributed by atoms with van der Waals surface area (Å²) in [5.41, 5.74) is 19.2. The summed E-state index contributed by atoms with van der Waals surface area (Å²) in [6.45, 7) is -0.727. The highest BCUT2D eigenvalue weighted by molar-refractivity contribution is 5.59. The quantitative estimate of drug-likeness (QED) is 0.437. The van der Waals surface area contributed by atoms with Gasteiger partial charge in [-0.05, 0) is 0 Å². The number of carbonyl (C=O) groups is 2. The summed E-state index contributed by atoms with van der Waals surface area (Å²) in [5, 5.41) is 0. The molecule has 0 radical (unpaired) electrons. The molecular weight excluding hydrogens is 296 g/mol. The van der Waals surface area contributed by atoms with E-state index in [0.29, 0.717) is 0 Å². The van der Waals surface area contributed by atoms with Crippen molar-refractivity contribution in [2.24, 2.45) is 22.9 Å². The predicted octanol–water partition coefficient (Wildman–Crippen LogP) is 1.76. The number of hydrogen-bond acceptors (Lipinski definition) is 10. The van der Waals surface area contributed by atoms with E-state index in [2.05, 4.69) is 18.9 Å². The highest BCUT2D eigenvalue weighted by atomic mass is 16.7. The van der Waals surface area contributed by atoms with Gasteiger partial charge in [0.05, 0.1) is 0 Å². The van der Waals surface area contributed by atoms with Crippen LogP contribution in [0, 0.1) is 0 Å². The number of carbonyl (C=O) groups excluding carboxylic acids is 2. The molecule has 0 aromatic heterocycles. The topological polar surface area (TPSA) is 175 Å². The van der Waals surface area contributed by atoms with Crippen molar-refractivity contribution in [2.45, 2.75) is 44.6 Å². The van der Waals surface area contributed by atoms with E-state index >= 15 is 0 Å². The first-order valence-electron chi connectivity index (χ1n) is 4.01. The summed E-state index contributed by atoms with van der Waals surface area (Å²) < 4.78 is 16.5. The van der Waals surface area contributed by atoms with Gasteiger partial charge in [0, 0.05) is 0 Å². The van der Waals surface area contributed by atoms with Crippen LogP contribution in [0.3, 0.4) is 0 Å². The van der Waals surface area contributed by atoms with Crippen molar-refractivity contribution >= 4 is 12.3 Å². The predicted molar refractivity (Wildman–Crippen MR) is 91.7 cm³/mol. The zero-order chi connectivity index (χ0) is 12.8. The standard InChI is InChI=1S/2C3H8N2O3.6CH4/c2*4-1-7-3(6)8-2-5;;;;;;/h2*1-2,4-5H2;6*1H4. The second-order valence-corrected chi connectivity index (χ2v) is 1.74. The summed E-state index contributed by atoms with van der Waals surface area (Å²) >= 11 is 0. The molecule has 10 heteroatoms. The maximum atomic E-state index is 10.0. The zero-order valence-corrected chi connectivity index (χ0v) is 8.59. The Morgan fingerprint density at radius 3 is 0.727 bits per heavy atom. The van der Waals surface area contributed by atoms with Crippen LogP contribution in [0.4, 0.5) is 9.59 Å². The summed E-state index contributed by atoms with van der Waals surface area (Å²) in [5.74, 6) is 0. The second-order valence-electron chi connectivity index (χ2n) is 1.74. The van der Waals surface area contributed by atoms with Gasteiger partial charge in [-0.25, -0.2) is 9.59 Å². The van der Waals surface area contributed by atoms with Crippen LogP contribution < -0.4 is 22.9 Å². The normalized spacial score (nSPS) is 6.00. The van der Waals surface area contributed by atoms with Crippen molar-refractivity contribution < 1.29 is 28.5 Å². The molecule has 22 heavy (non-hydrogen) atoms. The van der Waals surface area contributed by atoms with Gasteiger partial charge in [-0.2, -0.15) is 0 Å². The fourth-order valence-corrected chi connectivity index (χ4v) is 0.355. The molecule has 10 nitrogen and oxygen atoms in total. The van der Waals surface area contributed by atoms with E-state index in [1.165, 1.54) is 0 Å². The Kier molecular flexibility index (Phi) is 97.0. The Morgan fingerprint density at radius 2 is 0.636 bits per heavy atom. The van der Waals surface area contributed by atoms with Crippen molar-refractivity contribution in [1.82, 2.24) is 0 Å². The van der Waals surface area contributed by atoms with Gasteiger partial charge in [0.15, 0.2) is 0 Å².